The van der Waals surface area contributed by atoms with Gasteiger partial charge in [-0.25, -0.2) is 0 Å². The monoisotopic (exact) mass is 372 g/mol. The average molecular weight is 373 g/mol. The van der Waals surface area contributed by atoms with E-state index in [1.807, 2.05) is 24.3 Å². The summed E-state index contributed by atoms with van der Waals surface area (Å²) in [7, 11) is 1.63. The van der Waals surface area contributed by atoms with Gasteiger partial charge in [0.2, 0.25) is 0 Å². The Morgan fingerprint density at radius 3 is 2.56 bits per heavy atom. The number of hydrogen-bond donors (Lipinski definition) is 1. The smallest absolute Gasteiger partial charge is 0.267 e. The Balaban J connectivity index is 1.95. The number of nitrogens with zero attached hydrogens (tertiary/aromatic N) is 1. The summed E-state index contributed by atoms with van der Waals surface area (Å²) in [4.78, 5) is 18.9. The van der Waals surface area contributed by atoms with E-state index < -0.39 is 0 Å². The molecule has 0 saturated heterocycles. The van der Waals surface area contributed by atoms with E-state index in [1.165, 1.54) is 29.7 Å². The molecule has 1 N–H and O–H groups in total. The standard InChI is InChI=1S/C19H20N2O2S2/c1-23-13-10-8-12(9-11-13)21-18(22)16-14-6-4-2-3-5-7-15(14)25-17(16)20-19(21)24/h8-11H,2-7H2,1H3,(H,20,24). The predicted octanol–water partition coefficient (Wildman–Crippen LogP) is 4.78. The SMILES string of the molecule is COc1ccc(-n2c(=S)[nH]c3sc4c(c3c2=O)CCCCCC4)cc1. The second-order valence-electron chi connectivity index (χ2n) is 6.39. The molecule has 25 heavy (non-hydrogen) atoms. The third kappa shape index (κ3) is 2.93. The van der Waals surface area contributed by atoms with Crippen LogP contribution >= 0.6 is 23.6 Å². The molecule has 0 amide bonds. The van der Waals surface area contributed by atoms with Crippen LogP contribution in [0.2, 0.25) is 0 Å². The third-order valence-corrected chi connectivity index (χ3v) is 6.33. The van der Waals surface area contributed by atoms with E-state index in [4.69, 9.17) is 17.0 Å². The quantitative estimate of drug-likeness (QED) is 0.659. The number of aromatic nitrogens is 2. The first-order chi connectivity index (χ1) is 12.2. The molecule has 0 spiro atoms. The van der Waals surface area contributed by atoms with Crippen LogP contribution in [-0.4, -0.2) is 16.7 Å². The molecule has 6 heteroatoms. The Bertz CT molecular complexity index is 1030. The number of benzene rings is 1. The molecule has 4 rings (SSSR count). The van der Waals surface area contributed by atoms with E-state index in [9.17, 15) is 4.79 Å². The molecule has 4 nitrogen and oxygen atoms in total. The summed E-state index contributed by atoms with van der Waals surface area (Å²) in [5.41, 5.74) is 1.99. The zero-order valence-corrected chi connectivity index (χ0v) is 15.8. The van der Waals surface area contributed by atoms with Crippen molar-refractivity contribution in [2.24, 2.45) is 0 Å². The number of nitrogens with one attached hydrogen (secondary N) is 1. The van der Waals surface area contributed by atoms with Crippen molar-refractivity contribution in [2.45, 2.75) is 38.5 Å². The van der Waals surface area contributed by atoms with Gasteiger partial charge in [0.1, 0.15) is 10.6 Å². The van der Waals surface area contributed by atoms with Gasteiger partial charge in [-0.3, -0.25) is 9.36 Å². The van der Waals surface area contributed by atoms with E-state index in [0.717, 1.165) is 40.9 Å². The van der Waals surface area contributed by atoms with Gasteiger partial charge < -0.3 is 9.72 Å². The van der Waals surface area contributed by atoms with Gasteiger partial charge in [0.15, 0.2) is 4.77 Å². The molecule has 0 aliphatic heterocycles. The maximum atomic E-state index is 13.3. The number of ether oxygens (including phenoxy) is 1. The normalized spacial score (nSPS) is 14.8. The van der Waals surface area contributed by atoms with Crippen LogP contribution in [0.15, 0.2) is 29.1 Å². The number of aromatic amines is 1. The maximum absolute atomic E-state index is 13.3. The second-order valence-corrected chi connectivity index (χ2v) is 7.88. The zero-order valence-electron chi connectivity index (χ0n) is 14.1. The zero-order chi connectivity index (χ0) is 17.4. The van der Waals surface area contributed by atoms with Crippen LogP contribution in [0.5, 0.6) is 5.75 Å². The van der Waals surface area contributed by atoms with E-state index in [-0.39, 0.29) is 5.56 Å². The average Bonchev–Trinajstić information content (AvgIpc) is 2.92. The summed E-state index contributed by atoms with van der Waals surface area (Å²) < 4.78 is 7.25. The lowest BCUT2D eigenvalue weighted by atomic mass is 9.98. The minimum atomic E-state index is -0.0120. The van der Waals surface area contributed by atoms with Crippen LogP contribution in [0.3, 0.4) is 0 Å². The summed E-state index contributed by atoms with van der Waals surface area (Å²) in [5, 5.41) is 0.825. The minimum Gasteiger partial charge on any atom is -0.497 e. The van der Waals surface area contributed by atoms with Crippen molar-refractivity contribution < 1.29 is 4.74 Å². The van der Waals surface area contributed by atoms with Gasteiger partial charge in [-0.15, -0.1) is 11.3 Å². The Morgan fingerprint density at radius 1 is 1.12 bits per heavy atom. The number of H-pyrrole nitrogens is 1. The van der Waals surface area contributed by atoms with E-state index >= 15 is 0 Å². The van der Waals surface area contributed by atoms with E-state index in [0.29, 0.717) is 4.77 Å². The van der Waals surface area contributed by atoms with Crippen LogP contribution in [0.1, 0.15) is 36.1 Å². The molecule has 2 heterocycles. The van der Waals surface area contributed by atoms with Crippen LogP contribution in [0.25, 0.3) is 15.9 Å². The molecule has 0 unspecified atom stereocenters. The fraction of sp³-hybridized carbons (Fsp3) is 0.368. The van der Waals surface area contributed by atoms with Crippen LogP contribution in [0.4, 0.5) is 0 Å². The second kappa shape index (κ2) is 6.77. The van der Waals surface area contributed by atoms with E-state index in [2.05, 4.69) is 4.98 Å². The number of aryl methyl sites for hydroxylation is 2. The van der Waals surface area contributed by atoms with Crippen molar-refractivity contribution in [1.29, 1.82) is 0 Å². The highest BCUT2D eigenvalue weighted by molar-refractivity contribution is 7.71. The van der Waals surface area contributed by atoms with Gasteiger partial charge in [0, 0.05) is 4.88 Å². The van der Waals surface area contributed by atoms with Crippen LogP contribution in [0, 0.1) is 4.77 Å². The fourth-order valence-corrected chi connectivity index (χ4v) is 5.19. The van der Waals surface area contributed by atoms with Crippen LogP contribution < -0.4 is 10.3 Å². The first-order valence-electron chi connectivity index (χ1n) is 8.63. The predicted molar refractivity (Wildman–Crippen MR) is 105 cm³/mol. The van der Waals surface area contributed by atoms with Crippen molar-refractivity contribution in [3.63, 3.8) is 0 Å². The molecular formula is C19H20N2O2S2. The first-order valence-corrected chi connectivity index (χ1v) is 9.85. The molecule has 1 aliphatic carbocycles. The molecule has 3 aromatic rings. The highest BCUT2D eigenvalue weighted by Crippen LogP contribution is 2.32. The number of methoxy groups -OCH3 is 1. The molecule has 0 bridgehead atoms. The minimum absolute atomic E-state index is 0.0120. The van der Waals surface area contributed by atoms with E-state index in [1.54, 1.807) is 23.0 Å². The van der Waals surface area contributed by atoms with Crippen molar-refractivity contribution >= 4 is 33.8 Å². The number of fused-ring (bicyclic) bond motifs is 3. The molecule has 2 aromatic heterocycles. The number of hydrogen-bond acceptors (Lipinski definition) is 4. The maximum Gasteiger partial charge on any atom is 0.267 e. The van der Waals surface area contributed by atoms with Gasteiger partial charge in [-0.05, 0) is 67.7 Å². The lowest BCUT2D eigenvalue weighted by Gasteiger charge is -2.10. The summed E-state index contributed by atoms with van der Waals surface area (Å²) >= 11 is 7.19. The Labute approximate surface area is 155 Å². The molecule has 1 aromatic carbocycles. The highest BCUT2D eigenvalue weighted by atomic mass is 32.1. The third-order valence-electron chi connectivity index (χ3n) is 4.84. The topological polar surface area (TPSA) is 47.0 Å². The van der Waals surface area contributed by atoms with Crippen LogP contribution in [-0.2, 0) is 12.8 Å². The van der Waals surface area contributed by atoms with Gasteiger partial charge >= 0.3 is 0 Å². The van der Waals surface area contributed by atoms with Gasteiger partial charge in [0.25, 0.3) is 5.56 Å². The van der Waals surface area contributed by atoms with Gasteiger partial charge in [-0.2, -0.15) is 0 Å². The number of thiophene rings is 1. The molecule has 0 saturated carbocycles. The molecule has 0 radical (unpaired) electrons. The molecule has 130 valence electrons. The molecule has 1 aliphatic rings. The van der Waals surface area contributed by atoms with Gasteiger partial charge in [0.05, 0.1) is 18.2 Å². The lowest BCUT2D eigenvalue weighted by Crippen LogP contribution is -2.20. The fourth-order valence-electron chi connectivity index (χ4n) is 3.56. The largest absolute Gasteiger partial charge is 0.497 e. The molecular weight excluding hydrogens is 352 g/mol. The first kappa shape index (κ1) is 16.5. The molecule has 0 atom stereocenters. The van der Waals surface area contributed by atoms with Gasteiger partial charge in [-0.1, -0.05) is 12.8 Å². The lowest BCUT2D eigenvalue weighted by molar-refractivity contribution is 0.414. The summed E-state index contributed by atoms with van der Waals surface area (Å²) in [6.45, 7) is 0. The van der Waals surface area contributed by atoms with Crippen molar-refractivity contribution in [3.8, 4) is 11.4 Å². The Kier molecular flexibility index (Phi) is 4.48. The van der Waals surface area contributed by atoms with Crippen molar-refractivity contribution in [1.82, 2.24) is 9.55 Å². The van der Waals surface area contributed by atoms with Crippen molar-refractivity contribution in [2.75, 3.05) is 7.11 Å². The summed E-state index contributed by atoms with van der Waals surface area (Å²) in [6, 6.07) is 7.43. The highest BCUT2D eigenvalue weighted by Gasteiger charge is 2.19. The Hall–Kier alpha value is -1.92. The molecule has 0 fully saturated rings. The summed E-state index contributed by atoms with van der Waals surface area (Å²) in [6.07, 6.45) is 6.92. The summed E-state index contributed by atoms with van der Waals surface area (Å²) in [5.74, 6) is 0.758. The number of rotatable bonds is 2. The Morgan fingerprint density at radius 2 is 1.84 bits per heavy atom. The van der Waals surface area contributed by atoms with Crippen molar-refractivity contribution in [3.05, 3.63) is 49.8 Å².